The fourth-order valence-corrected chi connectivity index (χ4v) is 1.60. The van der Waals surface area contributed by atoms with Crippen LogP contribution < -0.4 is 11.1 Å². The lowest BCUT2D eigenvalue weighted by Crippen LogP contribution is -2.15. The number of hydrogen-bond acceptors (Lipinski definition) is 7. The molecule has 0 saturated carbocycles. The molecule has 0 bridgehead atoms. The van der Waals surface area contributed by atoms with Gasteiger partial charge in [0.2, 0.25) is 0 Å². The topological polar surface area (TPSA) is 126 Å². The summed E-state index contributed by atoms with van der Waals surface area (Å²) in [7, 11) is 0. The van der Waals surface area contributed by atoms with Crippen molar-refractivity contribution in [3.8, 4) is 0 Å². The van der Waals surface area contributed by atoms with E-state index in [2.05, 4.69) is 25.7 Å². The first-order chi connectivity index (χ1) is 9.97. The van der Waals surface area contributed by atoms with Crippen LogP contribution in [0, 0.1) is 17.0 Å². The lowest BCUT2D eigenvalue weighted by atomic mass is 10.2. The molecule has 2 rings (SSSR count). The van der Waals surface area contributed by atoms with Crippen molar-refractivity contribution in [3.05, 3.63) is 55.1 Å². The van der Waals surface area contributed by atoms with E-state index in [-0.39, 0.29) is 16.5 Å². The van der Waals surface area contributed by atoms with Gasteiger partial charge in [-0.2, -0.15) is 15.2 Å². The van der Waals surface area contributed by atoms with Crippen LogP contribution in [0.1, 0.15) is 11.3 Å². The smallest absolute Gasteiger partial charge is 0.260 e. The average molecular weight is 309 g/mol. The maximum absolute atomic E-state index is 11.0. The number of hydrazone groups is 1. The van der Waals surface area contributed by atoms with Crippen molar-refractivity contribution in [1.29, 1.82) is 0 Å². The van der Waals surface area contributed by atoms with Crippen molar-refractivity contribution >= 4 is 29.3 Å². The number of nitro groups is 1. The van der Waals surface area contributed by atoms with Crippen molar-refractivity contribution in [1.82, 2.24) is 15.2 Å². The average Bonchev–Trinajstić information content (AvgIpc) is 2.44. The van der Waals surface area contributed by atoms with E-state index < -0.39 is 10.6 Å². The normalized spacial score (nSPS) is 10.8. The van der Waals surface area contributed by atoms with Crippen LogP contribution in [0.5, 0.6) is 0 Å². The Balaban J connectivity index is 2.18. The zero-order chi connectivity index (χ0) is 15.4. The quantitative estimate of drug-likeness (QED) is 0.500. The lowest BCUT2D eigenvalue weighted by Gasteiger charge is -2.01. The molecule has 0 aliphatic heterocycles. The van der Waals surface area contributed by atoms with Crippen molar-refractivity contribution in [2.75, 3.05) is 5.43 Å². The maximum atomic E-state index is 11.0. The molecule has 0 amide bonds. The first-order valence-electron chi connectivity index (χ1n) is 5.63. The number of aromatic amines is 1. The van der Waals surface area contributed by atoms with Crippen molar-refractivity contribution in [2.45, 2.75) is 6.92 Å². The molecule has 0 atom stereocenters. The van der Waals surface area contributed by atoms with Gasteiger partial charge in [-0.25, -0.2) is 9.89 Å². The third kappa shape index (κ3) is 3.60. The maximum Gasteiger partial charge on any atom is 0.363 e. The first-order valence-corrected chi connectivity index (χ1v) is 6.01. The minimum atomic E-state index is -0.611. The van der Waals surface area contributed by atoms with E-state index in [4.69, 9.17) is 11.6 Å². The summed E-state index contributed by atoms with van der Waals surface area (Å²) in [5.41, 5.74) is 2.63. The van der Waals surface area contributed by atoms with Gasteiger partial charge in [0.15, 0.2) is 5.82 Å². The van der Waals surface area contributed by atoms with Gasteiger partial charge >= 0.3 is 5.69 Å². The van der Waals surface area contributed by atoms with Crippen molar-refractivity contribution < 1.29 is 4.92 Å². The van der Waals surface area contributed by atoms with E-state index in [0.29, 0.717) is 11.3 Å². The molecular formula is C11H9ClN6O3. The number of nitrogens with one attached hydrogen (secondary N) is 2. The summed E-state index contributed by atoms with van der Waals surface area (Å²) in [6.45, 7) is 1.63. The fraction of sp³-hybridized carbons (Fsp3) is 0.0909. The molecule has 0 saturated heterocycles. The minimum absolute atomic E-state index is 0.0430. The van der Waals surface area contributed by atoms with E-state index in [1.165, 1.54) is 18.3 Å². The standard InChI is InChI=1S/C11H9ClN6O3/c1-6-10(14-11(19)17-15-6)16-13-5-7-2-3-8(12)9(4-7)18(20)21/h2-5H,1H3,(H2,14,16,17,19)/b13-5+. The van der Waals surface area contributed by atoms with Crippen LogP contribution in [0.4, 0.5) is 11.5 Å². The molecule has 21 heavy (non-hydrogen) atoms. The number of halogens is 1. The van der Waals surface area contributed by atoms with Gasteiger partial charge in [-0.05, 0) is 13.0 Å². The van der Waals surface area contributed by atoms with Gasteiger partial charge in [0, 0.05) is 11.6 Å². The Bertz CT molecular complexity index is 773. The second-order valence-corrected chi connectivity index (χ2v) is 4.32. The van der Waals surface area contributed by atoms with E-state index in [9.17, 15) is 14.9 Å². The Hall–Kier alpha value is -2.81. The number of aromatic nitrogens is 3. The Morgan fingerprint density at radius 3 is 3.00 bits per heavy atom. The molecular weight excluding hydrogens is 300 g/mol. The highest BCUT2D eigenvalue weighted by atomic mass is 35.5. The number of rotatable bonds is 4. The monoisotopic (exact) mass is 308 g/mol. The highest BCUT2D eigenvalue weighted by molar-refractivity contribution is 6.32. The molecule has 1 heterocycles. The number of aryl methyl sites for hydroxylation is 1. The molecule has 2 N–H and O–H groups in total. The molecule has 1 aromatic heterocycles. The van der Waals surface area contributed by atoms with Gasteiger partial charge in [0.1, 0.15) is 10.7 Å². The van der Waals surface area contributed by atoms with Crippen LogP contribution in [0.15, 0.2) is 28.1 Å². The molecule has 108 valence electrons. The number of anilines is 1. The zero-order valence-corrected chi connectivity index (χ0v) is 11.5. The third-order valence-electron chi connectivity index (χ3n) is 2.43. The van der Waals surface area contributed by atoms with Gasteiger partial charge in [-0.15, -0.1) is 0 Å². The number of nitrogens with zero attached hydrogens (tertiary/aromatic N) is 4. The summed E-state index contributed by atoms with van der Waals surface area (Å²) < 4.78 is 0. The predicted molar refractivity (Wildman–Crippen MR) is 76.7 cm³/mol. The Labute approximate surface area is 122 Å². The molecule has 0 fully saturated rings. The summed E-state index contributed by atoms with van der Waals surface area (Å²) in [5.74, 6) is 0.193. The summed E-state index contributed by atoms with van der Waals surface area (Å²) in [6, 6.07) is 4.25. The largest absolute Gasteiger partial charge is 0.363 e. The van der Waals surface area contributed by atoms with Crippen LogP contribution >= 0.6 is 11.6 Å². The third-order valence-corrected chi connectivity index (χ3v) is 2.75. The SMILES string of the molecule is Cc1n[nH]c(=O)nc1N/N=C/c1ccc(Cl)c([N+](=O)[O-])c1. The summed E-state index contributed by atoms with van der Waals surface area (Å²) in [5, 5.41) is 20.5. The zero-order valence-electron chi connectivity index (χ0n) is 10.7. The number of nitro benzene ring substituents is 1. The lowest BCUT2D eigenvalue weighted by molar-refractivity contribution is -0.384. The van der Waals surface area contributed by atoms with Gasteiger partial charge in [-0.1, -0.05) is 17.7 Å². The number of benzene rings is 1. The Morgan fingerprint density at radius 2 is 2.29 bits per heavy atom. The number of hydrogen-bond donors (Lipinski definition) is 2. The molecule has 0 spiro atoms. The van der Waals surface area contributed by atoms with Gasteiger partial charge in [-0.3, -0.25) is 15.5 Å². The van der Waals surface area contributed by atoms with Crippen LogP contribution in [0.25, 0.3) is 0 Å². The van der Waals surface area contributed by atoms with Gasteiger partial charge in [0.25, 0.3) is 5.69 Å². The second-order valence-electron chi connectivity index (χ2n) is 3.91. The van der Waals surface area contributed by atoms with Crippen LogP contribution in [0.2, 0.25) is 5.02 Å². The molecule has 9 nitrogen and oxygen atoms in total. The minimum Gasteiger partial charge on any atom is -0.260 e. The molecule has 1 aromatic carbocycles. The van der Waals surface area contributed by atoms with E-state index in [1.54, 1.807) is 13.0 Å². The summed E-state index contributed by atoms with van der Waals surface area (Å²) in [4.78, 5) is 24.8. The molecule has 0 aliphatic carbocycles. The molecule has 0 radical (unpaired) electrons. The molecule has 0 unspecified atom stereocenters. The molecule has 10 heteroatoms. The van der Waals surface area contributed by atoms with Crippen molar-refractivity contribution in [3.63, 3.8) is 0 Å². The fourth-order valence-electron chi connectivity index (χ4n) is 1.42. The van der Waals surface area contributed by atoms with Gasteiger partial charge < -0.3 is 0 Å². The Morgan fingerprint density at radius 1 is 1.52 bits per heavy atom. The summed E-state index contributed by atoms with van der Waals surface area (Å²) in [6.07, 6.45) is 1.34. The first kappa shape index (κ1) is 14.6. The highest BCUT2D eigenvalue weighted by Crippen LogP contribution is 2.24. The number of H-pyrrole nitrogens is 1. The predicted octanol–water partition coefficient (Wildman–Crippen LogP) is 1.48. The van der Waals surface area contributed by atoms with Crippen LogP contribution in [-0.4, -0.2) is 26.3 Å². The molecule has 0 aliphatic rings. The van der Waals surface area contributed by atoms with Crippen LogP contribution in [-0.2, 0) is 0 Å². The second kappa shape index (κ2) is 6.09. The molecule has 2 aromatic rings. The summed E-state index contributed by atoms with van der Waals surface area (Å²) >= 11 is 5.70. The highest BCUT2D eigenvalue weighted by Gasteiger charge is 2.11. The van der Waals surface area contributed by atoms with E-state index in [0.717, 1.165) is 0 Å². The van der Waals surface area contributed by atoms with Gasteiger partial charge in [0.05, 0.1) is 11.1 Å². The van der Waals surface area contributed by atoms with Crippen LogP contribution in [0.3, 0.4) is 0 Å². The van der Waals surface area contributed by atoms with Crippen molar-refractivity contribution in [2.24, 2.45) is 5.10 Å². The Kier molecular flexibility index (Phi) is 4.24. The van der Waals surface area contributed by atoms with E-state index in [1.807, 2.05) is 0 Å². The van der Waals surface area contributed by atoms with E-state index >= 15 is 0 Å².